The average molecular weight is 279 g/mol. The summed E-state index contributed by atoms with van der Waals surface area (Å²) in [6, 6.07) is 6.19. The van der Waals surface area contributed by atoms with Crippen LogP contribution in [0.15, 0.2) is 30.3 Å². The van der Waals surface area contributed by atoms with Gasteiger partial charge < -0.3 is 10.1 Å². The Hall–Kier alpha value is -2.17. The second kappa shape index (κ2) is 8.85. The maximum absolute atomic E-state index is 13.3. The van der Waals surface area contributed by atoms with Gasteiger partial charge in [0.1, 0.15) is 5.82 Å². The van der Waals surface area contributed by atoms with Crippen molar-refractivity contribution in [2.75, 3.05) is 13.2 Å². The number of benzene rings is 1. The summed E-state index contributed by atoms with van der Waals surface area (Å²) in [6.07, 6.45) is 3.46. The van der Waals surface area contributed by atoms with Crippen LogP contribution in [0.5, 0.6) is 0 Å². The highest BCUT2D eigenvalue weighted by atomic mass is 19.1. The van der Waals surface area contributed by atoms with E-state index in [1.165, 1.54) is 18.2 Å². The van der Waals surface area contributed by atoms with E-state index in [1.54, 1.807) is 25.1 Å². The third-order valence-corrected chi connectivity index (χ3v) is 2.48. The molecule has 0 aliphatic heterocycles. The van der Waals surface area contributed by atoms with E-state index in [-0.39, 0.29) is 24.1 Å². The monoisotopic (exact) mass is 279 g/mol. The molecule has 1 aromatic rings. The van der Waals surface area contributed by atoms with Crippen LogP contribution in [0.25, 0.3) is 6.08 Å². The smallest absolute Gasteiger partial charge is 0.305 e. The van der Waals surface area contributed by atoms with Crippen LogP contribution in [-0.2, 0) is 14.3 Å². The largest absolute Gasteiger partial charge is 0.466 e. The molecule has 1 amide bonds. The van der Waals surface area contributed by atoms with Crippen LogP contribution in [0, 0.1) is 5.82 Å². The zero-order valence-corrected chi connectivity index (χ0v) is 11.4. The summed E-state index contributed by atoms with van der Waals surface area (Å²) >= 11 is 0. The fourth-order valence-corrected chi connectivity index (χ4v) is 1.51. The quantitative estimate of drug-likeness (QED) is 0.473. The van der Waals surface area contributed by atoms with Crippen molar-refractivity contribution in [2.45, 2.75) is 19.8 Å². The molecule has 1 aromatic carbocycles. The standard InChI is InChI=1S/C15H18FNO3/c1-2-20-15(19)8-5-11-17-14(18)10-9-12-6-3-4-7-13(12)16/h3-4,6-7,9-10H,2,5,8,11H2,1H3,(H,17,18)/b10-9+. The molecular weight excluding hydrogens is 261 g/mol. The first-order valence-electron chi connectivity index (χ1n) is 6.49. The average Bonchev–Trinajstić information content (AvgIpc) is 2.43. The zero-order chi connectivity index (χ0) is 14.8. The summed E-state index contributed by atoms with van der Waals surface area (Å²) in [5.74, 6) is -0.973. The summed E-state index contributed by atoms with van der Waals surface area (Å²) in [7, 11) is 0. The van der Waals surface area contributed by atoms with Crippen molar-refractivity contribution < 1.29 is 18.7 Å². The Morgan fingerprint density at radius 1 is 1.35 bits per heavy atom. The van der Waals surface area contributed by atoms with Crippen molar-refractivity contribution in [1.82, 2.24) is 5.32 Å². The predicted molar refractivity (Wildman–Crippen MR) is 74.3 cm³/mol. The maximum atomic E-state index is 13.3. The van der Waals surface area contributed by atoms with Gasteiger partial charge in [-0.25, -0.2) is 4.39 Å². The highest BCUT2D eigenvalue weighted by Crippen LogP contribution is 2.07. The minimum Gasteiger partial charge on any atom is -0.466 e. The zero-order valence-electron chi connectivity index (χ0n) is 11.4. The van der Waals surface area contributed by atoms with Crippen molar-refractivity contribution in [3.05, 3.63) is 41.7 Å². The lowest BCUT2D eigenvalue weighted by Crippen LogP contribution is -2.22. The van der Waals surface area contributed by atoms with E-state index in [4.69, 9.17) is 4.74 Å². The van der Waals surface area contributed by atoms with Gasteiger partial charge in [0.25, 0.3) is 0 Å². The fourth-order valence-electron chi connectivity index (χ4n) is 1.51. The van der Waals surface area contributed by atoms with Gasteiger partial charge in [0.05, 0.1) is 6.61 Å². The van der Waals surface area contributed by atoms with Gasteiger partial charge in [-0.3, -0.25) is 9.59 Å². The van der Waals surface area contributed by atoms with Gasteiger partial charge >= 0.3 is 5.97 Å². The molecule has 0 heterocycles. The number of hydrogen-bond donors (Lipinski definition) is 1. The van der Waals surface area contributed by atoms with Gasteiger partial charge in [0.15, 0.2) is 0 Å². The Morgan fingerprint density at radius 2 is 2.10 bits per heavy atom. The van der Waals surface area contributed by atoms with Crippen LogP contribution >= 0.6 is 0 Å². The molecule has 0 aliphatic carbocycles. The lowest BCUT2D eigenvalue weighted by Gasteiger charge is -2.02. The van der Waals surface area contributed by atoms with E-state index in [2.05, 4.69) is 5.32 Å². The van der Waals surface area contributed by atoms with E-state index in [1.807, 2.05) is 0 Å². The van der Waals surface area contributed by atoms with Gasteiger partial charge in [-0.05, 0) is 25.5 Å². The van der Waals surface area contributed by atoms with Crippen LogP contribution < -0.4 is 5.32 Å². The molecule has 5 heteroatoms. The number of hydrogen-bond acceptors (Lipinski definition) is 3. The second-order valence-electron chi connectivity index (χ2n) is 4.05. The molecule has 1 rings (SSSR count). The molecule has 20 heavy (non-hydrogen) atoms. The molecule has 4 nitrogen and oxygen atoms in total. The Kier molecular flexibility index (Phi) is 7.03. The number of carbonyl (C=O) groups excluding carboxylic acids is 2. The molecule has 108 valence electrons. The molecule has 0 aliphatic rings. The van der Waals surface area contributed by atoms with E-state index < -0.39 is 0 Å². The third-order valence-electron chi connectivity index (χ3n) is 2.48. The highest BCUT2D eigenvalue weighted by Gasteiger charge is 2.02. The molecular formula is C15H18FNO3. The van der Waals surface area contributed by atoms with Gasteiger partial charge in [0.2, 0.25) is 5.91 Å². The predicted octanol–water partition coefficient (Wildman–Crippen LogP) is 2.30. The van der Waals surface area contributed by atoms with Gasteiger partial charge in [-0.15, -0.1) is 0 Å². The molecule has 0 atom stereocenters. The first kappa shape index (κ1) is 15.9. The maximum Gasteiger partial charge on any atom is 0.305 e. The number of carbonyl (C=O) groups is 2. The van der Waals surface area contributed by atoms with Crippen molar-refractivity contribution in [1.29, 1.82) is 0 Å². The van der Waals surface area contributed by atoms with Crippen LogP contribution in [0.3, 0.4) is 0 Å². The Labute approximate surface area is 117 Å². The Bertz CT molecular complexity index is 486. The first-order chi connectivity index (χ1) is 9.63. The van der Waals surface area contributed by atoms with Crippen molar-refractivity contribution in [3.8, 4) is 0 Å². The summed E-state index contributed by atoms with van der Waals surface area (Å²) in [4.78, 5) is 22.5. The molecule has 0 saturated heterocycles. The molecule has 0 fully saturated rings. The van der Waals surface area contributed by atoms with Crippen molar-refractivity contribution in [3.63, 3.8) is 0 Å². The van der Waals surface area contributed by atoms with Crippen LogP contribution in [0.4, 0.5) is 4.39 Å². The highest BCUT2D eigenvalue weighted by molar-refractivity contribution is 5.91. The number of halogens is 1. The summed E-state index contributed by atoms with van der Waals surface area (Å²) in [5, 5.41) is 2.61. The lowest BCUT2D eigenvalue weighted by molar-refractivity contribution is -0.143. The Morgan fingerprint density at radius 3 is 2.80 bits per heavy atom. The normalized spacial score (nSPS) is 10.5. The van der Waals surface area contributed by atoms with E-state index in [0.717, 1.165) is 0 Å². The minimum atomic E-state index is -0.376. The lowest BCUT2D eigenvalue weighted by atomic mass is 10.2. The molecule has 1 N–H and O–H groups in total. The fraction of sp³-hybridized carbons (Fsp3) is 0.333. The molecule has 0 aromatic heterocycles. The van der Waals surface area contributed by atoms with Crippen molar-refractivity contribution >= 4 is 18.0 Å². The molecule has 0 bridgehead atoms. The number of esters is 1. The minimum absolute atomic E-state index is 0.269. The van der Waals surface area contributed by atoms with E-state index in [0.29, 0.717) is 25.1 Å². The van der Waals surface area contributed by atoms with Gasteiger partial charge in [0, 0.05) is 24.6 Å². The van der Waals surface area contributed by atoms with Crippen molar-refractivity contribution in [2.24, 2.45) is 0 Å². The van der Waals surface area contributed by atoms with Crippen LogP contribution in [0.2, 0.25) is 0 Å². The molecule has 0 saturated carbocycles. The number of nitrogens with one attached hydrogen (secondary N) is 1. The number of amides is 1. The summed E-state index contributed by atoms with van der Waals surface area (Å²) in [5.41, 5.74) is 0.356. The molecule has 0 unspecified atom stereocenters. The van der Waals surface area contributed by atoms with E-state index in [9.17, 15) is 14.0 Å². The van der Waals surface area contributed by atoms with Crippen LogP contribution in [-0.4, -0.2) is 25.0 Å². The molecule has 0 radical (unpaired) electrons. The SMILES string of the molecule is CCOC(=O)CCCNC(=O)/C=C/c1ccccc1F. The van der Waals surface area contributed by atoms with E-state index >= 15 is 0 Å². The van der Waals surface area contributed by atoms with Crippen LogP contribution in [0.1, 0.15) is 25.3 Å². The summed E-state index contributed by atoms with van der Waals surface area (Å²) < 4.78 is 18.0. The number of ether oxygens (including phenoxy) is 1. The Balaban J connectivity index is 2.27. The van der Waals surface area contributed by atoms with Gasteiger partial charge in [-0.1, -0.05) is 18.2 Å². The second-order valence-corrected chi connectivity index (χ2v) is 4.05. The van der Waals surface area contributed by atoms with Gasteiger partial charge in [-0.2, -0.15) is 0 Å². The number of rotatable bonds is 7. The first-order valence-corrected chi connectivity index (χ1v) is 6.49. The molecule has 0 spiro atoms. The topological polar surface area (TPSA) is 55.4 Å². The summed E-state index contributed by atoms with van der Waals surface area (Å²) in [6.45, 7) is 2.48. The third kappa shape index (κ3) is 6.13.